The minimum Gasteiger partial charge on any atom is -0.489 e. The third-order valence-electron chi connectivity index (χ3n) is 3.71. The van der Waals surface area contributed by atoms with Crippen LogP contribution in [-0.2, 0) is 6.54 Å². The van der Waals surface area contributed by atoms with Gasteiger partial charge in [-0.3, -0.25) is 4.99 Å². The Labute approximate surface area is 169 Å². The summed E-state index contributed by atoms with van der Waals surface area (Å²) in [6.07, 6.45) is 2.93. The predicted molar refractivity (Wildman–Crippen MR) is 118 cm³/mol. The standard InChI is InChI=1S/C19H32N4O.HI/c1-5-13-23(7-3)14-12-21-19(20-4)22-16-17-10-8-9-11-18(17)24-15-6-2;/h6,8-11H,2,5,7,12-16H2,1,3-4H3,(H2,20,21,22);1H. The lowest BCUT2D eigenvalue weighted by Gasteiger charge is -2.20. The maximum absolute atomic E-state index is 5.68. The summed E-state index contributed by atoms with van der Waals surface area (Å²) >= 11 is 0. The topological polar surface area (TPSA) is 48.9 Å². The number of hydrogen-bond donors (Lipinski definition) is 2. The fourth-order valence-electron chi connectivity index (χ4n) is 2.42. The molecule has 6 heteroatoms. The Balaban J connectivity index is 0.00000576. The Morgan fingerprint density at radius 2 is 2.00 bits per heavy atom. The third-order valence-corrected chi connectivity index (χ3v) is 3.71. The van der Waals surface area contributed by atoms with Crippen molar-refractivity contribution in [2.45, 2.75) is 26.8 Å². The number of ether oxygens (including phenoxy) is 1. The number of guanidine groups is 1. The highest BCUT2D eigenvalue weighted by atomic mass is 127. The first-order chi connectivity index (χ1) is 11.7. The van der Waals surface area contributed by atoms with Crippen LogP contribution in [0.1, 0.15) is 25.8 Å². The van der Waals surface area contributed by atoms with E-state index >= 15 is 0 Å². The SMILES string of the molecule is C=CCOc1ccccc1CNC(=NC)NCCN(CC)CCC.I. The Kier molecular flexibility index (Phi) is 14.2. The monoisotopic (exact) mass is 460 g/mol. The maximum Gasteiger partial charge on any atom is 0.191 e. The highest BCUT2D eigenvalue weighted by Gasteiger charge is 2.05. The van der Waals surface area contributed by atoms with Gasteiger partial charge in [0.1, 0.15) is 12.4 Å². The van der Waals surface area contributed by atoms with Crippen molar-refractivity contribution >= 4 is 29.9 Å². The molecule has 0 aliphatic heterocycles. The van der Waals surface area contributed by atoms with Gasteiger partial charge in [0.2, 0.25) is 0 Å². The van der Waals surface area contributed by atoms with Gasteiger partial charge in [-0.2, -0.15) is 0 Å². The summed E-state index contributed by atoms with van der Waals surface area (Å²) in [7, 11) is 1.79. The number of benzene rings is 1. The lowest BCUT2D eigenvalue weighted by Crippen LogP contribution is -2.41. The average molecular weight is 460 g/mol. The van der Waals surface area contributed by atoms with Crippen molar-refractivity contribution in [1.29, 1.82) is 0 Å². The molecule has 1 aromatic rings. The van der Waals surface area contributed by atoms with Crippen LogP contribution in [0.25, 0.3) is 0 Å². The number of halogens is 1. The van der Waals surface area contributed by atoms with Crippen LogP contribution in [0.3, 0.4) is 0 Å². The summed E-state index contributed by atoms with van der Waals surface area (Å²) in [5.41, 5.74) is 1.10. The maximum atomic E-state index is 5.68. The summed E-state index contributed by atoms with van der Waals surface area (Å²) in [4.78, 5) is 6.71. The van der Waals surface area contributed by atoms with Crippen LogP contribution in [0.4, 0.5) is 0 Å². The second-order valence-electron chi connectivity index (χ2n) is 5.49. The number of aliphatic imine (C=N–C) groups is 1. The molecule has 1 rings (SSSR count). The van der Waals surface area contributed by atoms with E-state index in [1.165, 1.54) is 6.42 Å². The first-order valence-corrected chi connectivity index (χ1v) is 8.73. The molecule has 0 radical (unpaired) electrons. The zero-order valence-corrected chi connectivity index (χ0v) is 18.1. The lowest BCUT2D eigenvalue weighted by atomic mass is 10.2. The van der Waals surface area contributed by atoms with Gasteiger partial charge < -0.3 is 20.3 Å². The largest absolute Gasteiger partial charge is 0.489 e. The van der Waals surface area contributed by atoms with E-state index in [9.17, 15) is 0 Å². The van der Waals surface area contributed by atoms with Crippen LogP contribution in [0.15, 0.2) is 41.9 Å². The molecule has 25 heavy (non-hydrogen) atoms. The van der Waals surface area contributed by atoms with E-state index < -0.39 is 0 Å². The third kappa shape index (κ3) is 9.69. The molecule has 5 nitrogen and oxygen atoms in total. The van der Waals surface area contributed by atoms with Crippen LogP contribution in [-0.4, -0.2) is 50.7 Å². The molecular formula is C19H33IN4O. The molecule has 0 aliphatic rings. The second kappa shape index (κ2) is 15.0. The average Bonchev–Trinajstić information content (AvgIpc) is 2.62. The van der Waals surface area contributed by atoms with E-state index in [1.807, 2.05) is 18.2 Å². The van der Waals surface area contributed by atoms with Gasteiger partial charge in [-0.15, -0.1) is 24.0 Å². The highest BCUT2D eigenvalue weighted by Crippen LogP contribution is 2.17. The van der Waals surface area contributed by atoms with Crippen molar-refractivity contribution < 1.29 is 4.74 Å². The summed E-state index contributed by atoms with van der Waals surface area (Å²) in [5, 5.41) is 6.71. The first-order valence-electron chi connectivity index (χ1n) is 8.73. The number of rotatable bonds is 11. The second-order valence-corrected chi connectivity index (χ2v) is 5.49. The predicted octanol–water partition coefficient (Wildman–Crippen LogP) is 3.27. The number of nitrogens with zero attached hydrogens (tertiary/aromatic N) is 2. The molecule has 0 unspecified atom stereocenters. The van der Waals surface area contributed by atoms with Crippen LogP contribution in [0, 0.1) is 0 Å². The number of para-hydroxylation sites is 1. The molecule has 0 bridgehead atoms. The zero-order chi connectivity index (χ0) is 17.6. The van der Waals surface area contributed by atoms with Gasteiger partial charge in [-0.1, -0.05) is 44.7 Å². The molecule has 0 fully saturated rings. The normalized spacial score (nSPS) is 11.0. The van der Waals surface area contributed by atoms with Crippen LogP contribution in [0.5, 0.6) is 5.75 Å². The van der Waals surface area contributed by atoms with E-state index in [2.05, 4.69) is 47.0 Å². The molecule has 0 amide bonds. The lowest BCUT2D eigenvalue weighted by molar-refractivity contribution is 0.293. The van der Waals surface area contributed by atoms with Gasteiger partial charge in [-0.25, -0.2) is 0 Å². The summed E-state index contributed by atoms with van der Waals surface area (Å²) in [5.74, 6) is 1.68. The molecule has 0 aliphatic carbocycles. The van der Waals surface area contributed by atoms with E-state index in [4.69, 9.17) is 4.74 Å². The van der Waals surface area contributed by atoms with Crippen LogP contribution >= 0.6 is 24.0 Å². The molecule has 0 atom stereocenters. The zero-order valence-electron chi connectivity index (χ0n) is 15.8. The Morgan fingerprint density at radius 1 is 1.24 bits per heavy atom. The molecular weight excluding hydrogens is 427 g/mol. The number of likely N-dealkylation sites (N-methyl/N-ethyl adjacent to an activating group) is 1. The van der Waals surface area contributed by atoms with Gasteiger partial charge in [0, 0.05) is 32.2 Å². The van der Waals surface area contributed by atoms with Crippen molar-refractivity contribution in [3.05, 3.63) is 42.5 Å². The number of nitrogens with one attached hydrogen (secondary N) is 2. The summed E-state index contributed by atoms with van der Waals surface area (Å²) < 4.78 is 5.68. The Hall–Kier alpha value is -1.28. The smallest absolute Gasteiger partial charge is 0.191 e. The quantitative estimate of drug-likeness (QED) is 0.230. The summed E-state index contributed by atoms with van der Waals surface area (Å²) in [6.45, 7) is 13.4. The van der Waals surface area contributed by atoms with Crippen molar-refractivity contribution in [2.24, 2.45) is 4.99 Å². The fourth-order valence-corrected chi connectivity index (χ4v) is 2.42. The highest BCUT2D eigenvalue weighted by molar-refractivity contribution is 14.0. The molecule has 0 heterocycles. The molecule has 0 saturated heterocycles. The number of hydrogen-bond acceptors (Lipinski definition) is 3. The molecule has 0 saturated carbocycles. The minimum atomic E-state index is 0. The minimum absolute atomic E-state index is 0. The van der Waals surface area contributed by atoms with E-state index in [-0.39, 0.29) is 24.0 Å². The van der Waals surface area contributed by atoms with E-state index in [0.29, 0.717) is 13.2 Å². The van der Waals surface area contributed by atoms with Crippen molar-refractivity contribution in [3.63, 3.8) is 0 Å². The van der Waals surface area contributed by atoms with E-state index in [0.717, 1.165) is 43.5 Å². The van der Waals surface area contributed by atoms with Crippen LogP contribution < -0.4 is 15.4 Å². The van der Waals surface area contributed by atoms with Crippen molar-refractivity contribution in [1.82, 2.24) is 15.5 Å². The molecule has 142 valence electrons. The van der Waals surface area contributed by atoms with Gasteiger partial charge in [0.25, 0.3) is 0 Å². The van der Waals surface area contributed by atoms with Gasteiger partial charge in [0.15, 0.2) is 5.96 Å². The van der Waals surface area contributed by atoms with E-state index in [1.54, 1.807) is 13.1 Å². The van der Waals surface area contributed by atoms with Crippen molar-refractivity contribution in [3.8, 4) is 5.75 Å². The molecule has 2 N–H and O–H groups in total. The van der Waals surface area contributed by atoms with Crippen LogP contribution in [0.2, 0.25) is 0 Å². The first kappa shape index (κ1) is 23.7. The fraction of sp³-hybridized carbons (Fsp3) is 0.526. The molecule has 0 aromatic heterocycles. The van der Waals surface area contributed by atoms with Crippen molar-refractivity contribution in [2.75, 3.05) is 39.8 Å². The molecule has 1 aromatic carbocycles. The van der Waals surface area contributed by atoms with Gasteiger partial charge >= 0.3 is 0 Å². The Bertz CT molecular complexity index is 508. The van der Waals surface area contributed by atoms with Gasteiger partial charge in [-0.05, 0) is 25.6 Å². The Morgan fingerprint density at radius 3 is 2.64 bits per heavy atom. The molecule has 0 spiro atoms. The summed E-state index contributed by atoms with van der Waals surface area (Å²) in [6, 6.07) is 8.01. The van der Waals surface area contributed by atoms with Gasteiger partial charge in [0.05, 0.1) is 0 Å².